The Kier molecular flexibility index (Phi) is 7.90. The Bertz CT molecular complexity index is 1420. The zero-order valence-electron chi connectivity index (χ0n) is 18.3. The maximum Gasteiger partial charge on any atom is 0.435 e. The predicted molar refractivity (Wildman–Crippen MR) is 113 cm³/mol. The first-order valence-electron chi connectivity index (χ1n) is 9.78. The summed E-state index contributed by atoms with van der Waals surface area (Å²) >= 11 is 0. The molecule has 1 unspecified atom stereocenters. The maximum atomic E-state index is 14.4. The molecule has 1 heterocycles. The first kappa shape index (κ1) is 27.6. The topological polar surface area (TPSA) is 107 Å². The highest BCUT2D eigenvalue weighted by molar-refractivity contribution is 7.90. The number of carbonyl (C=O) groups is 1. The third-order valence-corrected chi connectivity index (χ3v) is 5.48. The van der Waals surface area contributed by atoms with Crippen LogP contribution < -0.4 is 14.8 Å². The third kappa shape index (κ3) is 7.05. The van der Waals surface area contributed by atoms with Crippen molar-refractivity contribution in [2.45, 2.75) is 23.9 Å². The van der Waals surface area contributed by atoms with E-state index in [1.165, 1.54) is 18.2 Å². The van der Waals surface area contributed by atoms with Gasteiger partial charge in [0.2, 0.25) is 0 Å². The second-order valence-electron chi connectivity index (χ2n) is 7.20. The number of carbonyl (C=O) groups excluding carboxylic acids is 1. The molecule has 0 radical (unpaired) electrons. The van der Waals surface area contributed by atoms with Gasteiger partial charge in [-0.25, -0.2) is 21.6 Å². The lowest BCUT2D eigenvalue weighted by Gasteiger charge is -2.14. The Morgan fingerprint density at radius 3 is 2.32 bits per heavy atom. The summed E-state index contributed by atoms with van der Waals surface area (Å²) in [6, 6.07) is 7.09. The number of ether oxygens (including phenoxy) is 2. The van der Waals surface area contributed by atoms with Crippen molar-refractivity contribution >= 4 is 21.4 Å². The number of nitrogens with zero attached hydrogens (tertiary/aromatic N) is 2. The van der Waals surface area contributed by atoms with Gasteiger partial charge < -0.3 is 14.8 Å². The predicted octanol–water partition coefficient (Wildman–Crippen LogP) is 5.02. The summed E-state index contributed by atoms with van der Waals surface area (Å²) in [5.41, 5.74) is -2.58. The maximum absolute atomic E-state index is 14.4. The van der Waals surface area contributed by atoms with Crippen molar-refractivity contribution in [3.63, 3.8) is 0 Å². The molecule has 0 saturated carbocycles. The van der Waals surface area contributed by atoms with E-state index in [0.29, 0.717) is 6.07 Å². The fourth-order valence-corrected chi connectivity index (χ4v) is 3.35. The molecule has 0 saturated heterocycles. The minimum absolute atomic E-state index is 0.114. The zero-order valence-corrected chi connectivity index (χ0v) is 19.1. The average molecular weight is 553 g/mol. The molecule has 37 heavy (non-hydrogen) atoms. The molecule has 0 spiro atoms. The van der Waals surface area contributed by atoms with Crippen molar-refractivity contribution in [3.8, 4) is 17.4 Å². The Hall–Kier alpha value is -3.95. The van der Waals surface area contributed by atoms with Crippen LogP contribution in [0.2, 0.25) is 0 Å². The highest BCUT2D eigenvalue weighted by Gasteiger charge is 2.35. The molecule has 0 fully saturated rings. The van der Waals surface area contributed by atoms with Gasteiger partial charge in [-0.15, -0.1) is 10.2 Å². The molecular formula is C21H14F7N3O5S. The monoisotopic (exact) mass is 553 g/mol. The Balaban J connectivity index is 1.95. The van der Waals surface area contributed by atoms with Crippen LogP contribution in [0, 0.1) is 5.82 Å². The zero-order chi connectivity index (χ0) is 27.5. The van der Waals surface area contributed by atoms with E-state index in [2.05, 4.69) is 20.3 Å². The fourth-order valence-electron chi connectivity index (χ4n) is 2.68. The second-order valence-corrected chi connectivity index (χ2v) is 9.21. The van der Waals surface area contributed by atoms with Crippen LogP contribution in [-0.2, 0) is 16.0 Å². The lowest BCUT2D eigenvalue weighted by Crippen LogP contribution is -2.19. The molecule has 1 N–H and O–H groups in total. The molecule has 8 nitrogen and oxygen atoms in total. The van der Waals surface area contributed by atoms with Crippen LogP contribution in [0.15, 0.2) is 53.4 Å². The van der Waals surface area contributed by atoms with E-state index in [-0.39, 0.29) is 16.6 Å². The number of hydrogen-bond acceptors (Lipinski definition) is 7. The van der Waals surface area contributed by atoms with E-state index in [1.54, 1.807) is 0 Å². The molecule has 1 amide bonds. The molecule has 0 bridgehead atoms. The van der Waals surface area contributed by atoms with Gasteiger partial charge in [-0.2, -0.15) is 17.6 Å². The van der Waals surface area contributed by atoms with Gasteiger partial charge in [0.1, 0.15) is 11.3 Å². The Labute approximate surface area is 204 Å². The fraction of sp³-hybridized carbons (Fsp3) is 0.190. The van der Waals surface area contributed by atoms with Gasteiger partial charge in [0, 0.05) is 18.0 Å². The number of halogens is 7. The van der Waals surface area contributed by atoms with Gasteiger partial charge in [-0.3, -0.25) is 4.79 Å². The minimum atomic E-state index is -5.03. The first-order valence-corrected chi connectivity index (χ1v) is 11.7. The number of amides is 1. The lowest BCUT2D eigenvalue weighted by molar-refractivity contribution is -0.141. The summed E-state index contributed by atoms with van der Waals surface area (Å²) in [6.07, 6.45) is -10.7. The number of nitrogens with one attached hydrogen (secondary N) is 1. The molecule has 0 aliphatic rings. The number of rotatable bonds is 8. The van der Waals surface area contributed by atoms with E-state index in [1.807, 2.05) is 0 Å². The van der Waals surface area contributed by atoms with E-state index in [4.69, 9.17) is 4.74 Å². The lowest BCUT2D eigenvalue weighted by atomic mass is 10.2. The number of benzene rings is 2. The van der Waals surface area contributed by atoms with Gasteiger partial charge in [-0.05, 0) is 36.4 Å². The smallest absolute Gasteiger partial charge is 0.435 e. The standard InChI is InChI=1S/C21H14F7N3O5S/c1-37(33,34)12-4-2-3-10(7-12)29-19(32)13-9-16(21(26,27)28)30-31-20(13)36-15-6-5-11(8-14(15)22)35-18(25)17(23)24/h2-9,17-18H,1H3,(H,29,32). The van der Waals surface area contributed by atoms with Crippen LogP contribution in [0.5, 0.6) is 17.4 Å². The summed E-state index contributed by atoms with van der Waals surface area (Å²) < 4.78 is 124. The molecule has 0 aliphatic heterocycles. The van der Waals surface area contributed by atoms with Crippen molar-refractivity contribution in [3.05, 3.63) is 65.6 Å². The summed E-state index contributed by atoms with van der Waals surface area (Å²) in [5.74, 6) is -4.87. The third-order valence-electron chi connectivity index (χ3n) is 4.37. The number of sulfone groups is 1. The number of anilines is 1. The van der Waals surface area contributed by atoms with Crippen molar-refractivity contribution in [2.75, 3.05) is 11.6 Å². The second kappa shape index (κ2) is 10.6. The van der Waals surface area contributed by atoms with Crippen LogP contribution in [0.25, 0.3) is 0 Å². The minimum Gasteiger partial charge on any atom is -0.454 e. The largest absolute Gasteiger partial charge is 0.454 e. The quantitative estimate of drug-likeness (QED) is 0.391. The molecule has 3 rings (SSSR count). The normalized spacial score (nSPS) is 12.8. The highest BCUT2D eigenvalue weighted by Crippen LogP contribution is 2.33. The van der Waals surface area contributed by atoms with E-state index in [0.717, 1.165) is 24.5 Å². The van der Waals surface area contributed by atoms with Crippen molar-refractivity contribution in [1.29, 1.82) is 0 Å². The molecule has 0 aliphatic carbocycles. The Morgan fingerprint density at radius 1 is 1.03 bits per heavy atom. The number of hydrogen-bond donors (Lipinski definition) is 1. The van der Waals surface area contributed by atoms with E-state index < -0.39 is 69.2 Å². The van der Waals surface area contributed by atoms with Gasteiger partial charge in [-0.1, -0.05) is 6.07 Å². The molecule has 3 aromatic rings. The van der Waals surface area contributed by atoms with Crippen molar-refractivity contribution < 1.29 is 53.4 Å². The van der Waals surface area contributed by atoms with Gasteiger partial charge >= 0.3 is 12.6 Å². The van der Waals surface area contributed by atoms with Gasteiger partial charge in [0.25, 0.3) is 18.1 Å². The SMILES string of the molecule is CS(=O)(=O)c1cccc(NC(=O)c2cc(C(F)(F)F)nnc2Oc2ccc(OC(F)C(F)F)cc2F)c1. The molecule has 16 heteroatoms. The van der Waals surface area contributed by atoms with E-state index in [9.17, 15) is 43.9 Å². The summed E-state index contributed by atoms with van der Waals surface area (Å²) in [5, 5.41) is 8.28. The molecule has 1 atom stereocenters. The Morgan fingerprint density at radius 2 is 1.73 bits per heavy atom. The number of aromatic nitrogens is 2. The molecule has 2 aromatic carbocycles. The van der Waals surface area contributed by atoms with Crippen LogP contribution >= 0.6 is 0 Å². The molecule has 198 valence electrons. The molecular weight excluding hydrogens is 539 g/mol. The van der Waals surface area contributed by atoms with Crippen molar-refractivity contribution in [1.82, 2.24) is 10.2 Å². The summed E-state index contributed by atoms with van der Waals surface area (Å²) in [7, 11) is -3.69. The van der Waals surface area contributed by atoms with Crippen LogP contribution in [-0.4, -0.2) is 43.6 Å². The van der Waals surface area contributed by atoms with Crippen LogP contribution in [0.4, 0.5) is 36.4 Å². The summed E-state index contributed by atoms with van der Waals surface area (Å²) in [4.78, 5) is 12.6. The van der Waals surface area contributed by atoms with Crippen molar-refractivity contribution in [2.24, 2.45) is 0 Å². The number of alkyl halides is 6. The highest BCUT2D eigenvalue weighted by atomic mass is 32.2. The summed E-state index contributed by atoms with van der Waals surface area (Å²) in [6.45, 7) is 0. The molecule has 1 aromatic heterocycles. The van der Waals surface area contributed by atoms with E-state index >= 15 is 0 Å². The van der Waals surface area contributed by atoms with Crippen LogP contribution in [0.3, 0.4) is 0 Å². The van der Waals surface area contributed by atoms with Crippen LogP contribution in [0.1, 0.15) is 16.1 Å². The first-order chi connectivity index (χ1) is 17.1. The average Bonchev–Trinajstić information content (AvgIpc) is 2.79. The van der Waals surface area contributed by atoms with Gasteiger partial charge in [0.05, 0.1) is 4.90 Å². The van der Waals surface area contributed by atoms with Gasteiger partial charge in [0.15, 0.2) is 27.1 Å².